The fourth-order valence-electron chi connectivity index (χ4n) is 5.13. The molecule has 1 N–H and O–H groups in total. The largest absolute Gasteiger partial charge is 0.494 e. The number of benzene rings is 3. The zero-order chi connectivity index (χ0) is 26.5. The van der Waals surface area contributed by atoms with Crippen LogP contribution in [0, 0.1) is 0 Å². The number of thiophene rings is 1. The predicted octanol–water partition coefficient (Wildman–Crippen LogP) is 6.98. The summed E-state index contributed by atoms with van der Waals surface area (Å²) in [6, 6.07) is 28.6. The van der Waals surface area contributed by atoms with E-state index in [1.54, 1.807) is 0 Å². The minimum absolute atomic E-state index is 0.104. The number of carbonyl (C=O) groups excluding carboxylic acids is 1. The maximum Gasteiger partial charge on any atom is 0.265 e. The lowest BCUT2D eigenvalue weighted by Gasteiger charge is -2.18. The Bertz CT molecular complexity index is 1570. The highest BCUT2D eigenvalue weighted by Gasteiger charge is 2.25. The number of fused-ring (bicyclic) bond motifs is 3. The van der Waals surface area contributed by atoms with Crippen LogP contribution < -0.4 is 15.6 Å². The molecule has 0 atom stereocenters. The van der Waals surface area contributed by atoms with Crippen molar-refractivity contribution < 1.29 is 9.53 Å². The normalized spacial score (nSPS) is 11.3. The molecule has 5 rings (SSSR count). The summed E-state index contributed by atoms with van der Waals surface area (Å²) in [7, 11) is 1.53. The van der Waals surface area contributed by atoms with Crippen molar-refractivity contribution in [3.8, 4) is 5.75 Å². The molecule has 0 aliphatic carbocycles. The Morgan fingerprint density at radius 2 is 1.58 bits per heavy atom. The van der Waals surface area contributed by atoms with Crippen LogP contribution in [-0.4, -0.2) is 24.1 Å². The van der Waals surface area contributed by atoms with Crippen LogP contribution in [0.5, 0.6) is 5.75 Å². The summed E-state index contributed by atoms with van der Waals surface area (Å²) in [4.78, 5) is 27.5. The number of amides is 1. The summed E-state index contributed by atoms with van der Waals surface area (Å²) in [5.41, 5.74) is 3.22. The van der Waals surface area contributed by atoms with Crippen molar-refractivity contribution >= 4 is 38.2 Å². The van der Waals surface area contributed by atoms with Crippen LogP contribution in [0.25, 0.3) is 21.0 Å². The molecule has 0 bridgehead atoms. The van der Waals surface area contributed by atoms with Crippen LogP contribution in [0.1, 0.15) is 52.9 Å². The minimum atomic E-state index is -0.216. The first-order valence-corrected chi connectivity index (χ1v) is 14.0. The Morgan fingerprint density at radius 1 is 0.947 bits per heavy atom. The highest BCUT2D eigenvalue weighted by Crippen LogP contribution is 2.39. The highest BCUT2D eigenvalue weighted by atomic mass is 32.1. The van der Waals surface area contributed by atoms with Gasteiger partial charge in [0, 0.05) is 24.4 Å². The summed E-state index contributed by atoms with van der Waals surface area (Å²) in [6.45, 7) is 3.23. The second kappa shape index (κ2) is 11.7. The fraction of sp³-hybridized carbons (Fsp3) is 0.250. The number of nitrogens with one attached hydrogen (secondary N) is 1. The molecule has 0 spiro atoms. The third-order valence-electron chi connectivity index (χ3n) is 7.03. The van der Waals surface area contributed by atoms with Crippen LogP contribution in [0.15, 0.2) is 89.7 Å². The standard InChI is InChI=1S/C32H32N2O3S/c1-3-4-21-34-26-18-12-11-17-25(26)29-27(32(34)36)28(37-2)30(38-29)31(35)33-20-19-24(22-13-7-5-8-14-22)23-15-9-6-10-16-23/h5-18,24H,3-4,19-21H2,1-2H3,(H,33,35). The van der Waals surface area contributed by atoms with Gasteiger partial charge in [-0.25, -0.2) is 0 Å². The first-order valence-electron chi connectivity index (χ1n) is 13.1. The number of hydrogen-bond donors (Lipinski definition) is 1. The summed E-state index contributed by atoms with van der Waals surface area (Å²) >= 11 is 1.33. The molecule has 38 heavy (non-hydrogen) atoms. The number of rotatable bonds is 10. The number of pyridine rings is 1. The molecule has 2 heterocycles. The van der Waals surface area contributed by atoms with E-state index in [9.17, 15) is 9.59 Å². The lowest BCUT2D eigenvalue weighted by Crippen LogP contribution is -2.25. The van der Waals surface area contributed by atoms with Gasteiger partial charge >= 0.3 is 0 Å². The third-order valence-corrected chi connectivity index (χ3v) is 8.23. The number of nitrogens with zero attached hydrogens (tertiary/aromatic N) is 1. The fourth-order valence-corrected chi connectivity index (χ4v) is 6.35. The van der Waals surface area contributed by atoms with Gasteiger partial charge < -0.3 is 14.6 Å². The maximum atomic E-state index is 13.6. The summed E-state index contributed by atoms with van der Waals surface area (Å²) < 4.78 is 8.33. The van der Waals surface area contributed by atoms with E-state index < -0.39 is 0 Å². The van der Waals surface area contributed by atoms with E-state index in [2.05, 4.69) is 36.5 Å². The van der Waals surface area contributed by atoms with Gasteiger partial charge in [0.05, 0.1) is 17.3 Å². The van der Waals surface area contributed by atoms with Crippen molar-refractivity contribution in [3.05, 3.63) is 111 Å². The lowest BCUT2D eigenvalue weighted by atomic mass is 9.88. The Balaban J connectivity index is 1.46. The van der Waals surface area contributed by atoms with Crippen molar-refractivity contribution in [1.29, 1.82) is 0 Å². The monoisotopic (exact) mass is 524 g/mol. The first kappa shape index (κ1) is 25.7. The van der Waals surface area contributed by atoms with Gasteiger partial charge in [-0.05, 0) is 30.0 Å². The summed E-state index contributed by atoms with van der Waals surface area (Å²) in [6.07, 6.45) is 2.64. The van der Waals surface area contributed by atoms with Gasteiger partial charge in [-0.3, -0.25) is 9.59 Å². The van der Waals surface area contributed by atoms with Gasteiger partial charge in [-0.15, -0.1) is 11.3 Å². The highest BCUT2D eigenvalue weighted by molar-refractivity contribution is 7.22. The van der Waals surface area contributed by atoms with E-state index in [0.717, 1.165) is 34.9 Å². The number of carbonyl (C=O) groups is 1. The van der Waals surface area contributed by atoms with E-state index in [4.69, 9.17) is 4.74 Å². The molecule has 0 aliphatic rings. The number of ether oxygens (including phenoxy) is 1. The second-order valence-corrected chi connectivity index (χ2v) is 10.4. The summed E-state index contributed by atoms with van der Waals surface area (Å²) in [5, 5.41) is 4.56. The molecule has 194 valence electrons. The number of hydrogen-bond acceptors (Lipinski definition) is 4. The Kier molecular flexibility index (Phi) is 7.89. The molecular formula is C32H32N2O3S. The van der Waals surface area contributed by atoms with E-state index in [1.165, 1.54) is 29.6 Å². The van der Waals surface area contributed by atoms with E-state index >= 15 is 0 Å². The maximum absolute atomic E-state index is 13.6. The van der Waals surface area contributed by atoms with Crippen molar-refractivity contribution in [2.45, 2.75) is 38.6 Å². The minimum Gasteiger partial charge on any atom is -0.494 e. The Labute approximate surface area is 226 Å². The molecule has 0 saturated carbocycles. The first-order chi connectivity index (χ1) is 18.6. The van der Waals surface area contributed by atoms with Crippen LogP contribution in [0.3, 0.4) is 0 Å². The van der Waals surface area contributed by atoms with Crippen LogP contribution in [-0.2, 0) is 6.54 Å². The molecule has 0 unspecified atom stereocenters. The van der Waals surface area contributed by atoms with Crippen molar-refractivity contribution in [3.63, 3.8) is 0 Å². The van der Waals surface area contributed by atoms with Gasteiger partial charge in [0.25, 0.3) is 11.5 Å². The predicted molar refractivity (Wildman–Crippen MR) is 157 cm³/mol. The quantitative estimate of drug-likeness (QED) is 0.214. The van der Waals surface area contributed by atoms with E-state index in [-0.39, 0.29) is 17.4 Å². The van der Waals surface area contributed by atoms with E-state index in [1.807, 2.05) is 65.2 Å². The smallest absolute Gasteiger partial charge is 0.265 e. The molecule has 0 fully saturated rings. The van der Waals surface area contributed by atoms with Crippen molar-refractivity contribution in [2.75, 3.05) is 13.7 Å². The molecule has 0 aliphatic heterocycles. The average Bonchev–Trinajstić information content (AvgIpc) is 3.36. The molecule has 5 nitrogen and oxygen atoms in total. The SMILES string of the molecule is CCCCn1c(=O)c2c(OC)c(C(=O)NCCC(c3ccccc3)c3ccccc3)sc2c2ccccc21. The molecule has 0 radical (unpaired) electrons. The van der Waals surface area contributed by atoms with Crippen molar-refractivity contribution in [2.24, 2.45) is 0 Å². The Morgan fingerprint density at radius 3 is 2.21 bits per heavy atom. The molecule has 3 aromatic carbocycles. The average molecular weight is 525 g/mol. The third kappa shape index (κ3) is 4.96. The Hall–Kier alpha value is -3.90. The van der Waals surface area contributed by atoms with Gasteiger partial charge in [-0.2, -0.15) is 0 Å². The number of aromatic nitrogens is 1. The van der Waals surface area contributed by atoms with Crippen LogP contribution in [0.2, 0.25) is 0 Å². The molecular weight excluding hydrogens is 492 g/mol. The zero-order valence-corrected chi connectivity index (χ0v) is 22.6. The van der Waals surface area contributed by atoms with Gasteiger partial charge in [0.15, 0.2) is 5.75 Å². The van der Waals surface area contributed by atoms with Gasteiger partial charge in [0.2, 0.25) is 0 Å². The van der Waals surface area contributed by atoms with E-state index in [0.29, 0.717) is 29.1 Å². The molecule has 2 aromatic heterocycles. The number of methoxy groups -OCH3 is 1. The van der Waals surface area contributed by atoms with Crippen LogP contribution >= 0.6 is 11.3 Å². The van der Waals surface area contributed by atoms with Gasteiger partial charge in [-0.1, -0.05) is 92.2 Å². The van der Waals surface area contributed by atoms with Crippen LogP contribution in [0.4, 0.5) is 0 Å². The number of unbranched alkanes of at least 4 members (excludes halogenated alkanes) is 1. The molecule has 5 aromatic rings. The number of aryl methyl sites for hydroxylation is 1. The van der Waals surface area contributed by atoms with Crippen molar-refractivity contribution in [1.82, 2.24) is 9.88 Å². The second-order valence-electron chi connectivity index (χ2n) is 9.41. The lowest BCUT2D eigenvalue weighted by molar-refractivity contribution is 0.0954. The molecule has 6 heteroatoms. The number of para-hydroxylation sites is 1. The van der Waals surface area contributed by atoms with Gasteiger partial charge in [0.1, 0.15) is 10.3 Å². The summed E-state index contributed by atoms with van der Waals surface area (Å²) in [5.74, 6) is 0.314. The molecule has 1 amide bonds. The molecule has 0 saturated heterocycles. The zero-order valence-electron chi connectivity index (χ0n) is 21.8. The topological polar surface area (TPSA) is 60.3 Å².